The van der Waals surface area contributed by atoms with Crippen LogP contribution in [-0.2, 0) is 15.7 Å². The zero-order valence-electron chi connectivity index (χ0n) is 20.1. The van der Waals surface area contributed by atoms with Crippen molar-refractivity contribution in [3.05, 3.63) is 65.7 Å². The Morgan fingerprint density at radius 1 is 0.939 bits per heavy atom. The summed E-state index contributed by atoms with van der Waals surface area (Å²) in [5, 5.41) is 11.7. The molecule has 2 aliphatic rings. The van der Waals surface area contributed by atoms with Gasteiger partial charge in [-0.2, -0.15) is 0 Å². The Labute approximate surface area is 199 Å². The Bertz CT molecular complexity index is 963. The highest BCUT2D eigenvalue weighted by Crippen LogP contribution is 2.42. The zero-order valence-corrected chi connectivity index (χ0v) is 20.9. The van der Waals surface area contributed by atoms with E-state index in [-0.39, 0.29) is 4.90 Å². The number of benzene rings is 2. The maximum absolute atomic E-state index is 11.7. The molecule has 33 heavy (non-hydrogen) atoms. The van der Waals surface area contributed by atoms with Gasteiger partial charge in [0.1, 0.15) is 10.1 Å². The first-order valence-electron chi connectivity index (χ1n) is 12.3. The fourth-order valence-electron chi connectivity index (χ4n) is 5.36. The molecule has 1 N–H and O–H groups in total. The molecular weight excluding hydrogens is 434 g/mol. The third kappa shape index (κ3) is 7.12. The Morgan fingerprint density at radius 3 is 2.06 bits per heavy atom. The lowest BCUT2D eigenvalue weighted by Crippen LogP contribution is -2.46. The molecule has 2 fully saturated rings. The topological polar surface area (TPSA) is 77.4 Å². The number of aliphatic hydroxyl groups is 1. The normalized spacial score (nSPS) is 20.5. The molecule has 1 heterocycles. The number of likely N-dealkylation sites (tertiary alicyclic amines) is 1. The minimum Gasteiger partial charge on any atom is -0.744 e. The maximum Gasteiger partial charge on any atom is 0.124 e. The first kappa shape index (κ1) is 25.9. The van der Waals surface area contributed by atoms with Gasteiger partial charge in [0.25, 0.3) is 0 Å². The predicted molar refractivity (Wildman–Crippen MR) is 131 cm³/mol. The van der Waals surface area contributed by atoms with Crippen molar-refractivity contribution in [2.24, 2.45) is 5.92 Å². The fourth-order valence-corrected chi connectivity index (χ4v) is 5.83. The van der Waals surface area contributed by atoms with Gasteiger partial charge < -0.3 is 14.1 Å². The van der Waals surface area contributed by atoms with Crippen LogP contribution < -0.4 is 0 Å². The molecule has 1 unspecified atom stereocenters. The van der Waals surface area contributed by atoms with Gasteiger partial charge in [0, 0.05) is 19.3 Å². The van der Waals surface area contributed by atoms with E-state index < -0.39 is 15.7 Å². The summed E-state index contributed by atoms with van der Waals surface area (Å²) in [7, 11) is -1.90. The minimum atomic E-state index is -4.27. The summed E-state index contributed by atoms with van der Waals surface area (Å²) in [5.74, 6) is 0.442. The van der Waals surface area contributed by atoms with Crippen molar-refractivity contribution in [3.63, 3.8) is 0 Å². The van der Waals surface area contributed by atoms with Gasteiger partial charge in [-0.05, 0) is 43.4 Å². The van der Waals surface area contributed by atoms with Gasteiger partial charge in [0.2, 0.25) is 0 Å². The Morgan fingerprint density at radius 2 is 1.52 bits per heavy atom. The van der Waals surface area contributed by atoms with Gasteiger partial charge in [-0.1, -0.05) is 67.3 Å². The lowest BCUT2D eigenvalue weighted by molar-refractivity contribution is -0.898. The quantitative estimate of drug-likeness (QED) is 0.474. The SMILES string of the molecule is C[N+]1(CCC(O)(c2ccccc2)C2CCCCC2)CCCC1.Cc1ccc(S(=O)(=O)[O-])cc1. The number of nitrogens with zero attached hydrogens (tertiary/aromatic N) is 1. The molecule has 0 spiro atoms. The highest BCUT2D eigenvalue weighted by molar-refractivity contribution is 7.85. The van der Waals surface area contributed by atoms with Crippen LogP contribution in [0.25, 0.3) is 0 Å². The molecule has 1 aliphatic heterocycles. The summed E-state index contributed by atoms with van der Waals surface area (Å²) in [6.45, 7) is 5.51. The summed E-state index contributed by atoms with van der Waals surface area (Å²) in [4.78, 5) is -0.178. The van der Waals surface area contributed by atoms with Crippen molar-refractivity contribution in [3.8, 4) is 0 Å². The first-order chi connectivity index (χ1) is 15.6. The average molecular weight is 474 g/mol. The molecule has 2 aromatic carbocycles. The van der Waals surface area contributed by atoms with E-state index in [1.807, 2.05) is 6.92 Å². The number of rotatable bonds is 6. The van der Waals surface area contributed by atoms with Crippen molar-refractivity contribution >= 4 is 10.1 Å². The summed E-state index contributed by atoms with van der Waals surface area (Å²) in [6.07, 6.45) is 9.91. The molecule has 1 atom stereocenters. The predicted octanol–water partition coefficient (Wildman–Crippen LogP) is 4.98. The van der Waals surface area contributed by atoms with Crippen LogP contribution in [0.15, 0.2) is 59.5 Å². The van der Waals surface area contributed by atoms with Crippen LogP contribution >= 0.6 is 0 Å². The fraction of sp³-hybridized carbons (Fsp3) is 0.556. The highest BCUT2D eigenvalue weighted by atomic mass is 32.2. The zero-order chi connectivity index (χ0) is 24.0. The Kier molecular flexibility index (Phi) is 8.73. The van der Waals surface area contributed by atoms with Crippen molar-refractivity contribution in [1.82, 2.24) is 0 Å². The van der Waals surface area contributed by atoms with E-state index in [9.17, 15) is 18.1 Å². The van der Waals surface area contributed by atoms with E-state index >= 15 is 0 Å². The highest BCUT2D eigenvalue weighted by Gasteiger charge is 2.41. The van der Waals surface area contributed by atoms with Gasteiger partial charge in [-0.15, -0.1) is 0 Å². The van der Waals surface area contributed by atoms with Gasteiger partial charge in [0.15, 0.2) is 0 Å². The first-order valence-corrected chi connectivity index (χ1v) is 13.7. The van der Waals surface area contributed by atoms with E-state index in [0.29, 0.717) is 5.92 Å². The molecule has 182 valence electrons. The molecule has 2 aromatic rings. The van der Waals surface area contributed by atoms with Crippen molar-refractivity contribution < 1.29 is 22.6 Å². The van der Waals surface area contributed by atoms with E-state index in [4.69, 9.17) is 0 Å². The maximum atomic E-state index is 11.7. The van der Waals surface area contributed by atoms with E-state index in [1.165, 1.54) is 70.2 Å². The van der Waals surface area contributed by atoms with Gasteiger partial charge in [-0.25, -0.2) is 8.42 Å². The number of aryl methyl sites for hydroxylation is 1. The standard InChI is InChI=1S/C20H32NO.C7H8O3S/c1-21(15-8-9-16-21)17-14-20(22,18-10-4-2-5-11-18)19-12-6-3-7-13-19;1-6-2-4-7(5-3-6)11(8,9)10/h2,4-5,10-11,19,22H,3,6-9,12-17H2,1H3;2-5H,1H3,(H,8,9,10)/q+1;/p-1. The number of quaternary nitrogens is 1. The van der Waals surface area contributed by atoms with Crippen LogP contribution in [-0.4, -0.2) is 49.2 Å². The summed E-state index contributed by atoms with van der Waals surface area (Å²) in [6, 6.07) is 16.3. The van der Waals surface area contributed by atoms with Crippen LogP contribution in [0.4, 0.5) is 0 Å². The van der Waals surface area contributed by atoms with Crippen molar-refractivity contribution in [2.75, 3.05) is 26.7 Å². The summed E-state index contributed by atoms with van der Waals surface area (Å²) >= 11 is 0. The number of hydrogen-bond donors (Lipinski definition) is 1. The molecule has 1 saturated heterocycles. The van der Waals surface area contributed by atoms with Crippen molar-refractivity contribution in [2.45, 2.75) is 68.8 Å². The van der Waals surface area contributed by atoms with Gasteiger partial charge in [0.05, 0.1) is 37.2 Å². The lowest BCUT2D eigenvalue weighted by atomic mass is 9.71. The molecule has 0 aromatic heterocycles. The molecule has 0 amide bonds. The van der Waals surface area contributed by atoms with Crippen LogP contribution in [0.1, 0.15) is 62.5 Å². The monoisotopic (exact) mass is 473 g/mol. The number of hydrogen-bond acceptors (Lipinski definition) is 4. The largest absolute Gasteiger partial charge is 0.744 e. The summed E-state index contributed by atoms with van der Waals surface area (Å²) < 4.78 is 32.3. The van der Waals surface area contributed by atoms with Gasteiger partial charge in [-0.3, -0.25) is 0 Å². The third-order valence-electron chi connectivity index (χ3n) is 7.54. The molecule has 1 saturated carbocycles. The molecule has 0 radical (unpaired) electrons. The van der Waals surface area contributed by atoms with Gasteiger partial charge >= 0.3 is 0 Å². The van der Waals surface area contributed by atoms with Crippen molar-refractivity contribution in [1.29, 1.82) is 0 Å². The van der Waals surface area contributed by atoms with E-state index in [2.05, 4.69) is 37.4 Å². The van der Waals surface area contributed by atoms with Crippen LogP contribution in [0.2, 0.25) is 0 Å². The molecule has 1 aliphatic carbocycles. The molecule has 6 heteroatoms. The van der Waals surface area contributed by atoms with E-state index in [1.54, 1.807) is 12.1 Å². The Balaban J connectivity index is 0.000000235. The Hall–Kier alpha value is -1.73. The van der Waals surface area contributed by atoms with Crippen LogP contribution in [0.3, 0.4) is 0 Å². The third-order valence-corrected chi connectivity index (χ3v) is 8.39. The second-order valence-electron chi connectivity index (χ2n) is 10.1. The molecule has 0 bridgehead atoms. The van der Waals surface area contributed by atoms with Crippen LogP contribution in [0.5, 0.6) is 0 Å². The minimum absolute atomic E-state index is 0.178. The molecular formula is C27H39NO4S. The molecule has 4 rings (SSSR count). The second kappa shape index (κ2) is 11.1. The molecule has 5 nitrogen and oxygen atoms in total. The second-order valence-corrected chi connectivity index (χ2v) is 11.5. The van der Waals surface area contributed by atoms with Crippen LogP contribution in [0, 0.1) is 12.8 Å². The van der Waals surface area contributed by atoms with E-state index in [0.717, 1.165) is 28.6 Å². The lowest BCUT2D eigenvalue weighted by Gasteiger charge is -2.41. The average Bonchev–Trinajstić information content (AvgIpc) is 3.25. The summed E-state index contributed by atoms with van der Waals surface area (Å²) in [5.41, 5.74) is 1.45. The smallest absolute Gasteiger partial charge is 0.124 e.